The van der Waals surface area contributed by atoms with Gasteiger partial charge in [-0.15, -0.1) is 0 Å². The van der Waals surface area contributed by atoms with E-state index in [4.69, 9.17) is 0 Å². The molecule has 1 N–H and O–H groups in total. The Morgan fingerprint density at radius 1 is 1.00 bits per heavy atom. The van der Waals surface area contributed by atoms with E-state index in [0.29, 0.717) is 12.1 Å². The molecule has 19 heavy (non-hydrogen) atoms. The number of anilines is 1. The first-order chi connectivity index (χ1) is 9.31. The monoisotopic (exact) mass is 252 g/mol. The van der Waals surface area contributed by atoms with Gasteiger partial charge in [-0.2, -0.15) is 4.99 Å². The number of carbonyl (C=O) groups excluding carboxylic acids is 2. The van der Waals surface area contributed by atoms with Gasteiger partial charge in [-0.25, -0.2) is 4.79 Å². The average Bonchev–Trinajstić information content (AvgIpc) is 2.44. The van der Waals surface area contributed by atoms with Gasteiger partial charge >= 0.3 is 0 Å². The van der Waals surface area contributed by atoms with Gasteiger partial charge in [0.25, 0.3) is 0 Å². The first kappa shape index (κ1) is 12.7. The van der Waals surface area contributed by atoms with Gasteiger partial charge < -0.3 is 5.32 Å². The van der Waals surface area contributed by atoms with Crippen LogP contribution in [0, 0.1) is 0 Å². The van der Waals surface area contributed by atoms with Crippen LogP contribution in [0.3, 0.4) is 0 Å². The van der Waals surface area contributed by atoms with Crippen molar-refractivity contribution >= 4 is 23.9 Å². The minimum Gasteiger partial charge on any atom is -0.329 e. The standard InChI is InChI=1S/C15H12N2O2/c18-10-16-14-5-1-12(2-6-14)9-13-3-7-15(8-4-13)17-11-19/h1-8,10H,9H2,(H,16,18). The van der Waals surface area contributed by atoms with Crippen molar-refractivity contribution in [1.82, 2.24) is 0 Å². The summed E-state index contributed by atoms with van der Waals surface area (Å²) in [6.07, 6.45) is 2.95. The molecule has 0 unspecified atom stereocenters. The lowest BCUT2D eigenvalue weighted by Crippen LogP contribution is -1.94. The van der Waals surface area contributed by atoms with E-state index in [9.17, 15) is 9.59 Å². The Labute approximate surface area is 110 Å². The maximum atomic E-state index is 10.3. The third-order valence-corrected chi connectivity index (χ3v) is 2.70. The molecule has 0 spiro atoms. The fourth-order valence-electron chi connectivity index (χ4n) is 1.76. The summed E-state index contributed by atoms with van der Waals surface area (Å²) >= 11 is 0. The van der Waals surface area contributed by atoms with Crippen molar-refractivity contribution in [3.05, 3.63) is 59.7 Å². The first-order valence-corrected chi connectivity index (χ1v) is 5.78. The first-order valence-electron chi connectivity index (χ1n) is 5.78. The van der Waals surface area contributed by atoms with Gasteiger partial charge in [-0.05, 0) is 41.8 Å². The Kier molecular flexibility index (Phi) is 4.21. The Morgan fingerprint density at radius 3 is 2.11 bits per heavy atom. The zero-order valence-corrected chi connectivity index (χ0v) is 10.2. The van der Waals surface area contributed by atoms with E-state index < -0.39 is 0 Å². The van der Waals surface area contributed by atoms with Crippen LogP contribution in [-0.2, 0) is 16.0 Å². The summed E-state index contributed by atoms with van der Waals surface area (Å²) in [4.78, 5) is 23.9. The van der Waals surface area contributed by atoms with Crippen molar-refractivity contribution in [1.29, 1.82) is 0 Å². The molecule has 0 bridgehead atoms. The lowest BCUT2D eigenvalue weighted by molar-refractivity contribution is -0.105. The molecule has 2 aromatic carbocycles. The van der Waals surface area contributed by atoms with Gasteiger partial charge in [0.1, 0.15) is 0 Å². The SMILES string of the molecule is O=C=Nc1ccc(Cc2ccc(NC=O)cc2)cc1. The van der Waals surface area contributed by atoms with E-state index in [1.807, 2.05) is 36.4 Å². The molecule has 2 aromatic rings. The van der Waals surface area contributed by atoms with Crippen LogP contribution < -0.4 is 5.32 Å². The van der Waals surface area contributed by atoms with Crippen molar-refractivity contribution in [3.63, 3.8) is 0 Å². The van der Waals surface area contributed by atoms with Crippen molar-refractivity contribution in [3.8, 4) is 0 Å². The van der Waals surface area contributed by atoms with E-state index in [1.54, 1.807) is 12.1 Å². The number of aliphatic imine (C=N–C) groups is 1. The molecule has 0 atom stereocenters. The molecule has 0 saturated carbocycles. The molecule has 0 aliphatic heterocycles. The van der Waals surface area contributed by atoms with Gasteiger partial charge in [0.05, 0.1) is 5.69 Å². The highest BCUT2D eigenvalue weighted by atomic mass is 16.1. The number of hydrogen-bond donors (Lipinski definition) is 1. The van der Waals surface area contributed by atoms with Crippen LogP contribution in [0.2, 0.25) is 0 Å². The van der Waals surface area contributed by atoms with Crippen molar-refractivity contribution in [2.24, 2.45) is 4.99 Å². The average molecular weight is 252 g/mol. The number of hydrogen-bond acceptors (Lipinski definition) is 3. The largest absolute Gasteiger partial charge is 0.329 e. The van der Waals surface area contributed by atoms with Gasteiger partial charge in [-0.1, -0.05) is 24.3 Å². The van der Waals surface area contributed by atoms with E-state index >= 15 is 0 Å². The fourth-order valence-corrected chi connectivity index (χ4v) is 1.76. The third kappa shape index (κ3) is 3.63. The summed E-state index contributed by atoms with van der Waals surface area (Å²) in [6.45, 7) is 0. The van der Waals surface area contributed by atoms with Gasteiger partial charge in [0.2, 0.25) is 12.5 Å². The van der Waals surface area contributed by atoms with Crippen LogP contribution >= 0.6 is 0 Å². The molecule has 0 aromatic heterocycles. The molecule has 0 radical (unpaired) electrons. The van der Waals surface area contributed by atoms with E-state index in [2.05, 4.69) is 10.3 Å². The lowest BCUT2D eigenvalue weighted by Gasteiger charge is -2.04. The Balaban J connectivity index is 2.07. The van der Waals surface area contributed by atoms with Crippen molar-refractivity contribution < 1.29 is 9.59 Å². The van der Waals surface area contributed by atoms with E-state index in [1.165, 1.54) is 6.08 Å². The highest BCUT2D eigenvalue weighted by Gasteiger charge is 1.98. The van der Waals surface area contributed by atoms with Crippen molar-refractivity contribution in [2.75, 3.05) is 5.32 Å². The third-order valence-electron chi connectivity index (χ3n) is 2.70. The molecule has 94 valence electrons. The molecule has 0 fully saturated rings. The number of benzene rings is 2. The number of amides is 1. The van der Waals surface area contributed by atoms with Gasteiger partial charge in [0, 0.05) is 5.69 Å². The number of isocyanates is 1. The number of nitrogens with zero attached hydrogens (tertiary/aromatic N) is 1. The molecular formula is C15H12N2O2. The molecular weight excluding hydrogens is 240 g/mol. The normalized spacial score (nSPS) is 9.47. The predicted octanol–water partition coefficient (Wildman–Crippen LogP) is 2.81. The molecule has 0 saturated heterocycles. The molecule has 0 aliphatic carbocycles. The molecule has 0 heterocycles. The zero-order chi connectivity index (χ0) is 13.5. The highest BCUT2D eigenvalue weighted by Crippen LogP contribution is 2.16. The van der Waals surface area contributed by atoms with Crippen LogP contribution in [-0.4, -0.2) is 12.5 Å². The maximum absolute atomic E-state index is 10.3. The number of rotatable bonds is 5. The minimum atomic E-state index is 0.601. The minimum absolute atomic E-state index is 0.601. The number of carbonyl (C=O) groups is 1. The van der Waals surface area contributed by atoms with Gasteiger partial charge in [-0.3, -0.25) is 4.79 Å². The van der Waals surface area contributed by atoms with E-state index in [-0.39, 0.29) is 0 Å². The second kappa shape index (κ2) is 6.28. The Hall–Kier alpha value is -2.71. The summed E-state index contributed by atoms with van der Waals surface area (Å²) < 4.78 is 0. The van der Waals surface area contributed by atoms with E-state index in [0.717, 1.165) is 23.2 Å². The van der Waals surface area contributed by atoms with Crippen LogP contribution in [0.15, 0.2) is 53.5 Å². The predicted molar refractivity (Wildman–Crippen MR) is 73.2 cm³/mol. The molecule has 2 rings (SSSR count). The summed E-state index contributed by atoms with van der Waals surface area (Å²) in [5, 5.41) is 2.59. The Bertz CT molecular complexity index is 597. The number of nitrogens with one attached hydrogen (secondary N) is 1. The summed E-state index contributed by atoms with van der Waals surface area (Å²) in [5.41, 5.74) is 3.64. The molecule has 1 amide bonds. The fraction of sp³-hybridized carbons (Fsp3) is 0.0667. The lowest BCUT2D eigenvalue weighted by atomic mass is 10.0. The zero-order valence-electron chi connectivity index (χ0n) is 10.2. The topological polar surface area (TPSA) is 58.5 Å². The summed E-state index contributed by atoms with van der Waals surface area (Å²) in [5.74, 6) is 0. The summed E-state index contributed by atoms with van der Waals surface area (Å²) in [6, 6.07) is 15.0. The molecule has 4 nitrogen and oxygen atoms in total. The van der Waals surface area contributed by atoms with Crippen molar-refractivity contribution in [2.45, 2.75) is 6.42 Å². The van der Waals surface area contributed by atoms with Crippen LogP contribution in [0.5, 0.6) is 0 Å². The van der Waals surface area contributed by atoms with Crippen LogP contribution in [0.4, 0.5) is 11.4 Å². The molecule has 0 aliphatic rings. The second-order valence-electron chi connectivity index (χ2n) is 4.01. The molecule has 4 heteroatoms. The van der Waals surface area contributed by atoms with Crippen LogP contribution in [0.1, 0.15) is 11.1 Å². The van der Waals surface area contributed by atoms with Crippen LogP contribution in [0.25, 0.3) is 0 Å². The smallest absolute Gasteiger partial charge is 0.240 e. The Morgan fingerprint density at radius 2 is 1.58 bits per heavy atom. The maximum Gasteiger partial charge on any atom is 0.240 e. The second-order valence-corrected chi connectivity index (χ2v) is 4.01. The highest BCUT2D eigenvalue weighted by molar-refractivity contribution is 5.71. The van der Waals surface area contributed by atoms with Gasteiger partial charge in [0.15, 0.2) is 0 Å². The summed E-state index contributed by atoms with van der Waals surface area (Å²) in [7, 11) is 0. The quantitative estimate of drug-likeness (QED) is 0.505.